The molecule has 0 unspecified atom stereocenters. The molecule has 0 radical (unpaired) electrons. The van der Waals surface area contributed by atoms with Crippen LogP contribution < -0.4 is 16.0 Å². The number of nitrogens with zero attached hydrogens (tertiary/aromatic N) is 1. The SMILES string of the molecule is Cc1cc(C)cc(NC(=O)Cc2csc(NC(=O)Nc3cccc(Cl)c3)n2)c1. The number of rotatable bonds is 5. The molecule has 8 heteroatoms. The fourth-order valence-electron chi connectivity index (χ4n) is 2.69. The summed E-state index contributed by atoms with van der Waals surface area (Å²) in [6.07, 6.45) is 0.126. The van der Waals surface area contributed by atoms with E-state index in [1.165, 1.54) is 11.3 Å². The zero-order chi connectivity index (χ0) is 20.1. The van der Waals surface area contributed by atoms with Crippen molar-refractivity contribution in [3.05, 3.63) is 69.7 Å². The largest absolute Gasteiger partial charge is 0.326 e. The second kappa shape index (κ2) is 8.86. The summed E-state index contributed by atoms with van der Waals surface area (Å²) < 4.78 is 0. The van der Waals surface area contributed by atoms with E-state index in [0.717, 1.165) is 16.8 Å². The Morgan fingerprint density at radius 2 is 1.75 bits per heavy atom. The van der Waals surface area contributed by atoms with Gasteiger partial charge < -0.3 is 10.6 Å². The van der Waals surface area contributed by atoms with Crippen molar-refractivity contribution in [3.63, 3.8) is 0 Å². The van der Waals surface area contributed by atoms with Crippen LogP contribution in [0, 0.1) is 13.8 Å². The first kappa shape index (κ1) is 19.9. The molecule has 0 aliphatic heterocycles. The van der Waals surface area contributed by atoms with Gasteiger partial charge in [0, 0.05) is 21.8 Å². The Kier molecular flexibility index (Phi) is 6.28. The van der Waals surface area contributed by atoms with Gasteiger partial charge in [0.05, 0.1) is 12.1 Å². The van der Waals surface area contributed by atoms with E-state index in [4.69, 9.17) is 11.6 Å². The summed E-state index contributed by atoms with van der Waals surface area (Å²) in [4.78, 5) is 28.6. The quantitative estimate of drug-likeness (QED) is 0.534. The molecule has 0 bridgehead atoms. The number of aryl methyl sites for hydroxylation is 2. The standard InChI is InChI=1S/C20H19ClN4O2S/c1-12-6-13(2)8-16(7-12)22-18(26)10-17-11-28-20(24-17)25-19(27)23-15-5-3-4-14(21)9-15/h3-9,11H,10H2,1-2H3,(H,22,26)(H2,23,24,25,27). The van der Waals surface area contributed by atoms with Gasteiger partial charge in [0.25, 0.3) is 0 Å². The van der Waals surface area contributed by atoms with Gasteiger partial charge in [0.2, 0.25) is 5.91 Å². The van der Waals surface area contributed by atoms with Crippen molar-refractivity contribution in [1.82, 2.24) is 4.98 Å². The van der Waals surface area contributed by atoms with Gasteiger partial charge in [-0.05, 0) is 55.3 Å². The number of urea groups is 1. The molecule has 0 atom stereocenters. The summed E-state index contributed by atoms with van der Waals surface area (Å²) in [5, 5.41) is 10.9. The molecule has 1 heterocycles. The predicted octanol–water partition coefficient (Wildman–Crippen LogP) is 5.24. The molecule has 28 heavy (non-hydrogen) atoms. The number of amides is 3. The van der Waals surface area contributed by atoms with E-state index in [0.29, 0.717) is 21.5 Å². The number of benzene rings is 2. The molecule has 3 rings (SSSR count). The molecule has 2 aromatic carbocycles. The molecule has 3 N–H and O–H groups in total. The second-order valence-corrected chi connectivity index (χ2v) is 7.63. The lowest BCUT2D eigenvalue weighted by molar-refractivity contribution is -0.115. The highest BCUT2D eigenvalue weighted by Gasteiger charge is 2.11. The molecule has 6 nitrogen and oxygen atoms in total. The van der Waals surface area contributed by atoms with Crippen LogP contribution >= 0.6 is 22.9 Å². The van der Waals surface area contributed by atoms with Crippen LogP contribution in [-0.4, -0.2) is 16.9 Å². The van der Waals surface area contributed by atoms with Crippen molar-refractivity contribution < 1.29 is 9.59 Å². The van der Waals surface area contributed by atoms with Gasteiger partial charge in [-0.25, -0.2) is 9.78 Å². The minimum atomic E-state index is -0.428. The molecule has 0 fully saturated rings. The highest BCUT2D eigenvalue weighted by molar-refractivity contribution is 7.14. The lowest BCUT2D eigenvalue weighted by Gasteiger charge is -2.07. The summed E-state index contributed by atoms with van der Waals surface area (Å²) in [6.45, 7) is 3.96. The lowest BCUT2D eigenvalue weighted by Crippen LogP contribution is -2.19. The maximum absolute atomic E-state index is 12.3. The van der Waals surface area contributed by atoms with Crippen molar-refractivity contribution in [3.8, 4) is 0 Å². The summed E-state index contributed by atoms with van der Waals surface area (Å²) in [5.41, 5.74) is 4.10. The molecule has 144 valence electrons. The number of hydrogen-bond acceptors (Lipinski definition) is 4. The van der Waals surface area contributed by atoms with Crippen molar-refractivity contribution in [1.29, 1.82) is 0 Å². The molecule has 0 saturated heterocycles. The lowest BCUT2D eigenvalue weighted by atomic mass is 10.1. The molecule has 3 aromatic rings. The number of carbonyl (C=O) groups excluding carboxylic acids is 2. The number of halogens is 1. The maximum atomic E-state index is 12.3. The molecule has 3 amide bonds. The first-order valence-electron chi connectivity index (χ1n) is 8.53. The predicted molar refractivity (Wildman–Crippen MR) is 114 cm³/mol. The van der Waals surface area contributed by atoms with E-state index in [2.05, 4.69) is 20.9 Å². The average Bonchev–Trinajstić information content (AvgIpc) is 3.00. The molecule has 0 saturated carbocycles. The van der Waals surface area contributed by atoms with Gasteiger partial charge in [-0.2, -0.15) is 0 Å². The molecule has 1 aromatic heterocycles. The van der Waals surface area contributed by atoms with Crippen molar-refractivity contribution in [2.24, 2.45) is 0 Å². The third-order valence-corrected chi connectivity index (χ3v) is 4.74. The topological polar surface area (TPSA) is 83.1 Å². The summed E-state index contributed by atoms with van der Waals surface area (Å²) in [7, 11) is 0. The average molecular weight is 415 g/mol. The van der Waals surface area contributed by atoms with Gasteiger partial charge in [-0.1, -0.05) is 23.7 Å². The third-order valence-electron chi connectivity index (χ3n) is 3.70. The van der Waals surface area contributed by atoms with E-state index in [-0.39, 0.29) is 12.3 Å². The highest BCUT2D eigenvalue weighted by Crippen LogP contribution is 2.19. The fraction of sp³-hybridized carbons (Fsp3) is 0.150. The highest BCUT2D eigenvalue weighted by atomic mass is 35.5. The Bertz CT molecular complexity index is 999. The van der Waals surface area contributed by atoms with Gasteiger partial charge in [-0.3, -0.25) is 10.1 Å². The van der Waals surface area contributed by atoms with Crippen molar-refractivity contribution in [2.75, 3.05) is 16.0 Å². The van der Waals surface area contributed by atoms with Crippen LogP contribution in [0.15, 0.2) is 47.8 Å². The van der Waals surface area contributed by atoms with Crippen LogP contribution in [0.25, 0.3) is 0 Å². The first-order valence-corrected chi connectivity index (χ1v) is 9.79. The summed E-state index contributed by atoms with van der Waals surface area (Å²) in [6, 6.07) is 12.3. The normalized spacial score (nSPS) is 10.4. The molecule has 0 aliphatic carbocycles. The van der Waals surface area contributed by atoms with Crippen molar-refractivity contribution in [2.45, 2.75) is 20.3 Å². The second-order valence-electron chi connectivity index (χ2n) is 6.33. The Balaban J connectivity index is 1.54. The summed E-state index contributed by atoms with van der Waals surface area (Å²) in [5.74, 6) is -0.162. The number of anilines is 3. The maximum Gasteiger partial charge on any atom is 0.325 e. The fourth-order valence-corrected chi connectivity index (χ4v) is 3.58. The van der Waals surface area contributed by atoms with E-state index < -0.39 is 6.03 Å². The molecular weight excluding hydrogens is 396 g/mol. The Morgan fingerprint density at radius 3 is 2.46 bits per heavy atom. The van der Waals surface area contributed by atoms with E-state index in [9.17, 15) is 9.59 Å². The van der Waals surface area contributed by atoms with Crippen LogP contribution in [0.1, 0.15) is 16.8 Å². The zero-order valence-corrected chi connectivity index (χ0v) is 16.9. The van der Waals surface area contributed by atoms with Crippen LogP contribution in [0.3, 0.4) is 0 Å². The minimum Gasteiger partial charge on any atom is -0.326 e. The minimum absolute atomic E-state index is 0.126. The Labute approximate surface area is 172 Å². The zero-order valence-electron chi connectivity index (χ0n) is 15.4. The van der Waals surface area contributed by atoms with Gasteiger partial charge >= 0.3 is 6.03 Å². The van der Waals surface area contributed by atoms with Crippen LogP contribution in [0.4, 0.5) is 21.3 Å². The first-order chi connectivity index (χ1) is 13.4. The van der Waals surface area contributed by atoms with Crippen LogP contribution in [0.2, 0.25) is 5.02 Å². The number of aromatic nitrogens is 1. The van der Waals surface area contributed by atoms with Crippen molar-refractivity contribution >= 4 is 51.4 Å². The number of thiazole rings is 1. The van der Waals surface area contributed by atoms with Crippen LogP contribution in [-0.2, 0) is 11.2 Å². The molecular formula is C20H19ClN4O2S. The number of carbonyl (C=O) groups is 2. The molecule has 0 spiro atoms. The van der Waals surface area contributed by atoms with E-state index >= 15 is 0 Å². The molecule has 0 aliphatic rings. The monoisotopic (exact) mass is 414 g/mol. The Hall–Kier alpha value is -2.90. The van der Waals surface area contributed by atoms with Gasteiger partial charge in [0.1, 0.15) is 0 Å². The third kappa shape index (κ3) is 5.80. The van der Waals surface area contributed by atoms with Gasteiger partial charge in [-0.15, -0.1) is 11.3 Å². The van der Waals surface area contributed by atoms with E-state index in [1.54, 1.807) is 29.6 Å². The smallest absolute Gasteiger partial charge is 0.325 e. The van der Waals surface area contributed by atoms with Gasteiger partial charge in [0.15, 0.2) is 5.13 Å². The summed E-state index contributed by atoms with van der Waals surface area (Å²) >= 11 is 7.15. The van der Waals surface area contributed by atoms with E-state index in [1.807, 2.05) is 32.0 Å². The van der Waals surface area contributed by atoms with Crippen LogP contribution in [0.5, 0.6) is 0 Å². The number of nitrogens with one attached hydrogen (secondary N) is 3. The number of hydrogen-bond donors (Lipinski definition) is 3. The Morgan fingerprint density at radius 1 is 1.00 bits per heavy atom.